The highest BCUT2D eigenvalue weighted by atomic mass is 32.1. The van der Waals surface area contributed by atoms with Crippen LogP contribution >= 0.6 is 11.3 Å². The van der Waals surface area contributed by atoms with Gasteiger partial charge in [-0.1, -0.05) is 6.92 Å². The largest absolute Gasteiger partial charge is 0.371 e. The van der Waals surface area contributed by atoms with Gasteiger partial charge in [0.15, 0.2) is 0 Å². The smallest absolute Gasteiger partial charge is 0.125 e. The van der Waals surface area contributed by atoms with Gasteiger partial charge in [-0.05, 0) is 27.3 Å². The molecular weight excluding hydrogens is 208 g/mol. The fourth-order valence-electron chi connectivity index (χ4n) is 1.26. The summed E-state index contributed by atoms with van der Waals surface area (Å²) in [6, 6.07) is 0.356. The van der Waals surface area contributed by atoms with Crippen molar-refractivity contribution in [3.63, 3.8) is 0 Å². The van der Waals surface area contributed by atoms with Crippen molar-refractivity contribution in [3.8, 4) is 0 Å². The molecule has 0 saturated carbocycles. The van der Waals surface area contributed by atoms with Crippen molar-refractivity contribution in [2.24, 2.45) is 0 Å². The van der Waals surface area contributed by atoms with E-state index in [-0.39, 0.29) is 5.60 Å². The van der Waals surface area contributed by atoms with Crippen molar-refractivity contribution in [1.82, 2.24) is 10.3 Å². The molecule has 4 heteroatoms. The number of aromatic nitrogens is 1. The molecular formula is C11H20N2OS. The molecule has 1 heterocycles. The molecule has 0 fully saturated rings. The first-order valence-electron chi connectivity index (χ1n) is 5.26. The molecule has 0 amide bonds. The maximum atomic E-state index is 5.53. The highest BCUT2D eigenvalue weighted by Gasteiger charge is 2.27. The maximum Gasteiger partial charge on any atom is 0.125 e. The Bertz CT molecular complexity index is 307. The molecule has 2 unspecified atom stereocenters. The van der Waals surface area contributed by atoms with Gasteiger partial charge in [-0.2, -0.15) is 0 Å². The summed E-state index contributed by atoms with van der Waals surface area (Å²) in [5, 5.41) is 4.27. The average Bonchev–Trinajstić information content (AvgIpc) is 2.76. The van der Waals surface area contributed by atoms with Gasteiger partial charge in [0.2, 0.25) is 0 Å². The Kier molecular flexibility index (Phi) is 4.25. The Morgan fingerprint density at radius 1 is 1.67 bits per heavy atom. The van der Waals surface area contributed by atoms with E-state index in [0.29, 0.717) is 6.04 Å². The van der Waals surface area contributed by atoms with Crippen molar-refractivity contribution >= 4 is 11.3 Å². The molecule has 0 aliphatic rings. The summed E-state index contributed by atoms with van der Waals surface area (Å²) in [5.74, 6) is 0. The number of rotatable bonds is 5. The third kappa shape index (κ3) is 2.56. The molecule has 0 spiro atoms. The summed E-state index contributed by atoms with van der Waals surface area (Å²) in [6.45, 7) is 6.33. The predicted molar refractivity (Wildman–Crippen MR) is 64.2 cm³/mol. The molecule has 1 aromatic heterocycles. The minimum absolute atomic E-state index is 0.240. The van der Waals surface area contributed by atoms with Crippen LogP contribution in [-0.2, 0) is 10.3 Å². The van der Waals surface area contributed by atoms with E-state index in [9.17, 15) is 0 Å². The SMILES string of the molecule is CCC(C)(OC)c1ncc(C(C)NC)s1. The zero-order chi connectivity index (χ0) is 11.5. The molecule has 86 valence electrons. The standard InChI is InChI=1S/C11H20N2OS/c1-6-11(3,14-5)10-13-7-9(15-10)8(2)12-4/h7-8,12H,6H2,1-5H3. The topological polar surface area (TPSA) is 34.1 Å². The Morgan fingerprint density at radius 2 is 2.33 bits per heavy atom. The lowest BCUT2D eigenvalue weighted by Crippen LogP contribution is -2.22. The van der Waals surface area contributed by atoms with E-state index in [4.69, 9.17) is 4.74 Å². The summed E-state index contributed by atoms with van der Waals surface area (Å²) in [7, 11) is 3.70. The number of hydrogen-bond acceptors (Lipinski definition) is 4. The zero-order valence-electron chi connectivity index (χ0n) is 10.1. The molecule has 2 atom stereocenters. The number of methoxy groups -OCH3 is 1. The van der Waals surface area contributed by atoms with E-state index in [2.05, 4.69) is 31.1 Å². The van der Waals surface area contributed by atoms with Crippen LogP contribution in [0, 0.1) is 0 Å². The molecule has 1 N–H and O–H groups in total. The van der Waals surface area contributed by atoms with Crippen molar-refractivity contribution in [1.29, 1.82) is 0 Å². The van der Waals surface area contributed by atoms with Gasteiger partial charge in [-0.3, -0.25) is 0 Å². The summed E-state index contributed by atoms with van der Waals surface area (Å²) < 4.78 is 5.53. The second-order valence-corrected chi connectivity index (χ2v) is 4.93. The zero-order valence-corrected chi connectivity index (χ0v) is 10.9. The molecule has 0 aliphatic heterocycles. The van der Waals surface area contributed by atoms with E-state index in [1.807, 2.05) is 13.2 Å². The summed E-state index contributed by atoms with van der Waals surface area (Å²) in [5.41, 5.74) is -0.240. The van der Waals surface area contributed by atoms with Crippen LogP contribution in [0.4, 0.5) is 0 Å². The van der Waals surface area contributed by atoms with Crippen LogP contribution < -0.4 is 5.32 Å². The number of nitrogens with one attached hydrogen (secondary N) is 1. The fourth-order valence-corrected chi connectivity index (χ4v) is 2.43. The number of hydrogen-bond donors (Lipinski definition) is 1. The van der Waals surface area contributed by atoms with Crippen LogP contribution in [0.5, 0.6) is 0 Å². The van der Waals surface area contributed by atoms with Gasteiger partial charge in [-0.25, -0.2) is 4.98 Å². The van der Waals surface area contributed by atoms with Crippen molar-refractivity contribution in [3.05, 3.63) is 16.1 Å². The molecule has 0 radical (unpaired) electrons. The molecule has 15 heavy (non-hydrogen) atoms. The third-order valence-electron chi connectivity index (χ3n) is 2.96. The van der Waals surface area contributed by atoms with E-state index in [1.165, 1.54) is 4.88 Å². The quantitative estimate of drug-likeness (QED) is 0.841. The minimum atomic E-state index is -0.240. The van der Waals surface area contributed by atoms with Crippen LogP contribution in [0.25, 0.3) is 0 Å². The third-order valence-corrected chi connectivity index (χ3v) is 4.39. The molecule has 0 saturated heterocycles. The summed E-state index contributed by atoms with van der Waals surface area (Å²) in [6.07, 6.45) is 2.87. The molecule has 1 aromatic rings. The lowest BCUT2D eigenvalue weighted by molar-refractivity contribution is -0.00156. The molecule has 0 aromatic carbocycles. The predicted octanol–water partition coefficient (Wildman–Crippen LogP) is 2.70. The molecule has 0 aliphatic carbocycles. The normalized spacial score (nSPS) is 17.4. The van der Waals surface area contributed by atoms with Gasteiger partial charge in [0, 0.05) is 24.2 Å². The monoisotopic (exact) mass is 228 g/mol. The van der Waals surface area contributed by atoms with E-state index >= 15 is 0 Å². The molecule has 3 nitrogen and oxygen atoms in total. The molecule has 1 rings (SSSR count). The minimum Gasteiger partial charge on any atom is -0.371 e. The lowest BCUT2D eigenvalue weighted by atomic mass is 10.1. The average molecular weight is 228 g/mol. The van der Waals surface area contributed by atoms with Crippen LogP contribution in [0.15, 0.2) is 6.20 Å². The van der Waals surface area contributed by atoms with Crippen molar-refractivity contribution < 1.29 is 4.74 Å². The number of ether oxygens (including phenoxy) is 1. The van der Waals surface area contributed by atoms with Crippen molar-refractivity contribution in [2.75, 3.05) is 14.2 Å². The highest BCUT2D eigenvalue weighted by Crippen LogP contribution is 2.33. The number of nitrogens with zero attached hydrogens (tertiary/aromatic N) is 1. The van der Waals surface area contributed by atoms with Gasteiger partial charge in [0.1, 0.15) is 10.6 Å². The van der Waals surface area contributed by atoms with Gasteiger partial charge in [-0.15, -0.1) is 11.3 Å². The summed E-state index contributed by atoms with van der Waals surface area (Å²) in [4.78, 5) is 5.71. The Morgan fingerprint density at radius 3 is 2.80 bits per heavy atom. The van der Waals surface area contributed by atoms with Gasteiger partial charge in [0.05, 0.1) is 0 Å². The van der Waals surface area contributed by atoms with Crippen molar-refractivity contribution in [2.45, 2.75) is 38.8 Å². The van der Waals surface area contributed by atoms with Gasteiger partial charge >= 0.3 is 0 Å². The van der Waals surface area contributed by atoms with E-state index in [0.717, 1.165) is 11.4 Å². The highest BCUT2D eigenvalue weighted by molar-refractivity contribution is 7.11. The van der Waals surface area contributed by atoms with Crippen LogP contribution in [0.1, 0.15) is 43.1 Å². The first kappa shape index (κ1) is 12.6. The Hall–Kier alpha value is -0.450. The van der Waals surface area contributed by atoms with Gasteiger partial charge < -0.3 is 10.1 Å². The second kappa shape index (κ2) is 5.05. The molecule has 0 bridgehead atoms. The second-order valence-electron chi connectivity index (χ2n) is 3.87. The maximum absolute atomic E-state index is 5.53. The first-order chi connectivity index (χ1) is 7.07. The van der Waals surface area contributed by atoms with Crippen LogP contribution in [-0.4, -0.2) is 19.1 Å². The van der Waals surface area contributed by atoms with E-state index < -0.39 is 0 Å². The van der Waals surface area contributed by atoms with E-state index in [1.54, 1.807) is 18.4 Å². The fraction of sp³-hybridized carbons (Fsp3) is 0.727. The lowest BCUT2D eigenvalue weighted by Gasteiger charge is -2.23. The van der Waals surface area contributed by atoms with Crippen LogP contribution in [0.3, 0.4) is 0 Å². The van der Waals surface area contributed by atoms with Gasteiger partial charge in [0.25, 0.3) is 0 Å². The first-order valence-corrected chi connectivity index (χ1v) is 6.07. The Labute approximate surface area is 95.9 Å². The van der Waals surface area contributed by atoms with Crippen LogP contribution in [0.2, 0.25) is 0 Å². The summed E-state index contributed by atoms with van der Waals surface area (Å²) >= 11 is 1.72. The Balaban J connectivity index is 2.92. The number of thiazole rings is 1.